The Bertz CT molecular complexity index is 703. The summed E-state index contributed by atoms with van der Waals surface area (Å²) in [5.74, 6) is -0.894. The third-order valence-corrected chi connectivity index (χ3v) is 2.57. The number of nitrogens with zero attached hydrogens (tertiary/aromatic N) is 3. The first kappa shape index (κ1) is 16.6. The van der Waals surface area contributed by atoms with E-state index in [-0.39, 0.29) is 5.95 Å². The highest BCUT2D eigenvalue weighted by atomic mass is 19.3. The van der Waals surface area contributed by atoms with Gasteiger partial charge in [0.25, 0.3) is 0 Å². The van der Waals surface area contributed by atoms with Crippen LogP contribution in [0.3, 0.4) is 0 Å². The second kappa shape index (κ2) is 6.99. The summed E-state index contributed by atoms with van der Waals surface area (Å²) in [4.78, 5) is 3.93. The Kier molecular flexibility index (Phi) is 5.04. The van der Waals surface area contributed by atoms with E-state index in [0.717, 1.165) is 12.1 Å². The highest BCUT2D eigenvalue weighted by molar-refractivity contribution is 5.81. The number of rotatable bonds is 6. The summed E-state index contributed by atoms with van der Waals surface area (Å²) in [5, 5.41) is 3.98. The quantitative estimate of drug-likeness (QED) is 0.652. The summed E-state index contributed by atoms with van der Waals surface area (Å²) in [6, 6.07) is 3.51. The van der Waals surface area contributed by atoms with Crippen molar-refractivity contribution < 1.29 is 27.0 Å². The number of nitrogen functional groups attached to an aromatic ring is 1. The number of aryl methyl sites for hydroxylation is 1. The van der Waals surface area contributed by atoms with Crippen LogP contribution >= 0.6 is 0 Å². The maximum atomic E-state index is 12.3. The molecule has 0 saturated carbocycles. The summed E-state index contributed by atoms with van der Waals surface area (Å²) in [6.45, 7) is -4.63. The fourth-order valence-corrected chi connectivity index (χ4v) is 1.71. The molecule has 2 rings (SSSR count). The zero-order valence-electron chi connectivity index (χ0n) is 11.8. The van der Waals surface area contributed by atoms with E-state index in [1.54, 1.807) is 13.1 Å². The van der Waals surface area contributed by atoms with Crippen LogP contribution in [0.4, 0.5) is 23.5 Å². The molecule has 2 aromatic rings. The molecule has 1 aromatic heterocycles. The van der Waals surface area contributed by atoms with Crippen LogP contribution in [0.2, 0.25) is 0 Å². The molecule has 0 fully saturated rings. The second-order valence-corrected chi connectivity index (χ2v) is 4.29. The van der Waals surface area contributed by atoms with E-state index < -0.39 is 24.7 Å². The first-order chi connectivity index (χ1) is 10.8. The summed E-state index contributed by atoms with van der Waals surface area (Å²) in [5.41, 5.74) is 6.54. The molecule has 0 amide bonds. The highest BCUT2D eigenvalue weighted by Gasteiger charge is 2.15. The Hall–Kier alpha value is -2.78. The van der Waals surface area contributed by atoms with Gasteiger partial charge in [-0.05, 0) is 30.7 Å². The smallest absolute Gasteiger partial charge is 0.387 e. The van der Waals surface area contributed by atoms with E-state index in [4.69, 9.17) is 5.73 Å². The molecule has 23 heavy (non-hydrogen) atoms. The number of imidazole rings is 1. The van der Waals surface area contributed by atoms with E-state index in [1.807, 2.05) is 0 Å². The van der Waals surface area contributed by atoms with Crippen LogP contribution in [0, 0.1) is 6.92 Å². The van der Waals surface area contributed by atoms with E-state index in [1.165, 1.54) is 17.0 Å². The number of ether oxygens (including phenoxy) is 2. The largest absolute Gasteiger partial charge is 0.431 e. The van der Waals surface area contributed by atoms with E-state index in [9.17, 15) is 17.6 Å². The minimum absolute atomic E-state index is 0.139. The Labute approximate surface area is 128 Å². The molecule has 0 unspecified atom stereocenters. The van der Waals surface area contributed by atoms with Gasteiger partial charge in [-0.2, -0.15) is 22.7 Å². The lowest BCUT2D eigenvalue weighted by Gasteiger charge is -2.11. The van der Waals surface area contributed by atoms with Crippen molar-refractivity contribution in [3.63, 3.8) is 0 Å². The normalized spacial score (nSPS) is 11.6. The number of halogens is 4. The van der Waals surface area contributed by atoms with Gasteiger partial charge in [-0.25, -0.2) is 9.66 Å². The average Bonchev–Trinajstić information content (AvgIpc) is 2.76. The fourth-order valence-electron chi connectivity index (χ4n) is 1.71. The monoisotopic (exact) mass is 332 g/mol. The number of nitrogens with two attached hydrogens (primary N) is 1. The van der Waals surface area contributed by atoms with Crippen molar-refractivity contribution in [3.8, 4) is 11.5 Å². The molecule has 10 heteroatoms. The van der Waals surface area contributed by atoms with Crippen molar-refractivity contribution in [1.29, 1.82) is 0 Å². The first-order valence-electron chi connectivity index (χ1n) is 6.24. The van der Waals surface area contributed by atoms with E-state index in [2.05, 4.69) is 19.6 Å². The maximum absolute atomic E-state index is 12.3. The van der Waals surface area contributed by atoms with Crippen molar-refractivity contribution in [2.24, 2.45) is 5.10 Å². The summed E-state index contributed by atoms with van der Waals surface area (Å²) < 4.78 is 58.7. The van der Waals surface area contributed by atoms with Crippen molar-refractivity contribution in [2.45, 2.75) is 20.1 Å². The van der Waals surface area contributed by atoms with Gasteiger partial charge >= 0.3 is 13.2 Å². The Balaban J connectivity index is 2.27. The van der Waals surface area contributed by atoms with Crippen molar-refractivity contribution in [2.75, 3.05) is 5.73 Å². The van der Waals surface area contributed by atoms with Crippen LogP contribution in [0.5, 0.6) is 11.5 Å². The SMILES string of the molecule is Cc1cn(N=Cc2ccc(OC(F)F)c(OC(F)F)c2)c(N)n1. The molecule has 0 aliphatic rings. The van der Waals surface area contributed by atoms with Crippen LogP contribution in [0.15, 0.2) is 29.5 Å². The molecule has 1 heterocycles. The van der Waals surface area contributed by atoms with Crippen molar-refractivity contribution in [3.05, 3.63) is 35.7 Å². The van der Waals surface area contributed by atoms with Gasteiger partial charge < -0.3 is 15.2 Å². The Morgan fingerprint density at radius 1 is 1.17 bits per heavy atom. The molecule has 124 valence electrons. The molecule has 0 saturated heterocycles. The molecule has 0 atom stereocenters. The molecule has 0 aliphatic carbocycles. The number of hydrogen-bond donors (Lipinski definition) is 1. The van der Waals surface area contributed by atoms with E-state index >= 15 is 0 Å². The van der Waals surface area contributed by atoms with Gasteiger partial charge in [0, 0.05) is 0 Å². The fraction of sp³-hybridized carbons (Fsp3) is 0.231. The molecule has 0 spiro atoms. The van der Waals surface area contributed by atoms with Gasteiger partial charge in [0.15, 0.2) is 11.5 Å². The average molecular weight is 332 g/mol. The maximum Gasteiger partial charge on any atom is 0.387 e. The van der Waals surface area contributed by atoms with Gasteiger partial charge in [0.2, 0.25) is 5.95 Å². The Morgan fingerprint density at radius 2 is 1.83 bits per heavy atom. The topological polar surface area (TPSA) is 74.7 Å². The minimum Gasteiger partial charge on any atom is -0.431 e. The van der Waals surface area contributed by atoms with Gasteiger partial charge in [-0.1, -0.05) is 0 Å². The van der Waals surface area contributed by atoms with Crippen LogP contribution < -0.4 is 15.2 Å². The van der Waals surface area contributed by atoms with Gasteiger partial charge in [0.05, 0.1) is 18.1 Å². The predicted molar refractivity (Wildman–Crippen MR) is 74.1 cm³/mol. The van der Waals surface area contributed by atoms with E-state index in [0.29, 0.717) is 11.3 Å². The zero-order chi connectivity index (χ0) is 17.0. The number of alkyl halides is 4. The molecule has 0 bridgehead atoms. The number of aromatic nitrogens is 2. The molecule has 0 radical (unpaired) electrons. The molecular weight excluding hydrogens is 320 g/mol. The Morgan fingerprint density at radius 3 is 2.39 bits per heavy atom. The highest BCUT2D eigenvalue weighted by Crippen LogP contribution is 2.30. The lowest BCUT2D eigenvalue weighted by Crippen LogP contribution is -2.08. The van der Waals surface area contributed by atoms with Crippen molar-refractivity contribution in [1.82, 2.24) is 9.66 Å². The van der Waals surface area contributed by atoms with Crippen LogP contribution in [0.25, 0.3) is 0 Å². The number of hydrogen-bond acceptors (Lipinski definition) is 5. The molecule has 6 nitrogen and oxygen atoms in total. The lowest BCUT2D eigenvalue weighted by atomic mass is 10.2. The summed E-state index contributed by atoms with van der Waals surface area (Å²) in [7, 11) is 0. The molecule has 0 aliphatic heterocycles. The molecular formula is C13H12F4N4O2. The molecule has 1 aromatic carbocycles. The number of benzene rings is 1. The predicted octanol–water partition coefficient (Wildman–Crippen LogP) is 2.86. The minimum atomic E-state index is -3.19. The van der Waals surface area contributed by atoms with Gasteiger partial charge in [-0.3, -0.25) is 0 Å². The second-order valence-electron chi connectivity index (χ2n) is 4.29. The third kappa shape index (κ3) is 4.59. The van der Waals surface area contributed by atoms with Crippen LogP contribution in [-0.4, -0.2) is 29.1 Å². The summed E-state index contributed by atoms with van der Waals surface area (Å²) in [6.07, 6.45) is 2.83. The van der Waals surface area contributed by atoms with Gasteiger partial charge in [0.1, 0.15) is 0 Å². The van der Waals surface area contributed by atoms with Crippen LogP contribution in [-0.2, 0) is 0 Å². The zero-order valence-corrected chi connectivity index (χ0v) is 11.8. The third-order valence-electron chi connectivity index (χ3n) is 2.57. The van der Waals surface area contributed by atoms with Crippen LogP contribution in [0.1, 0.15) is 11.3 Å². The van der Waals surface area contributed by atoms with Gasteiger partial charge in [-0.15, -0.1) is 0 Å². The first-order valence-corrected chi connectivity index (χ1v) is 6.24. The van der Waals surface area contributed by atoms with Crippen molar-refractivity contribution >= 4 is 12.2 Å². The number of anilines is 1. The standard InChI is InChI=1S/C13H12F4N4O2/c1-7-6-21(13(18)20-7)19-5-8-2-3-9(22-11(14)15)10(4-8)23-12(16)17/h2-6,11-12H,1H3,(H2,18,20). The molecule has 2 N–H and O–H groups in total. The summed E-state index contributed by atoms with van der Waals surface area (Å²) >= 11 is 0. The lowest BCUT2D eigenvalue weighted by molar-refractivity contribution is -0.0692.